The van der Waals surface area contributed by atoms with Gasteiger partial charge in [-0.3, -0.25) is 0 Å². The molecule has 0 fully saturated rings. The van der Waals surface area contributed by atoms with Gasteiger partial charge in [0.1, 0.15) is 5.82 Å². The lowest BCUT2D eigenvalue weighted by Gasteiger charge is -2.11. The van der Waals surface area contributed by atoms with Gasteiger partial charge in [0.05, 0.1) is 0 Å². The smallest absolute Gasteiger partial charge is 0.108 e. The van der Waals surface area contributed by atoms with E-state index in [1.807, 2.05) is 6.20 Å². The number of hydrogen-bond acceptors (Lipinski definition) is 2. The van der Waals surface area contributed by atoms with Crippen LogP contribution in [0.3, 0.4) is 0 Å². The Morgan fingerprint density at radius 1 is 1.26 bits per heavy atom. The predicted octanol–water partition coefficient (Wildman–Crippen LogP) is 2.99. The van der Waals surface area contributed by atoms with Gasteiger partial charge in [-0.1, -0.05) is 45.0 Å². The van der Waals surface area contributed by atoms with Crippen molar-refractivity contribution in [2.75, 3.05) is 0 Å². The average Bonchev–Trinajstić information content (AvgIpc) is 2.84. The number of rotatable bonds is 6. The van der Waals surface area contributed by atoms with Crippen LogP contribution in [0.2, 0.25) is 0 Å². The van der Waals surface area contributed by atoms with Gasteiger partial charge in [0.15, 0.2) is 0 Å². The van der Waals surface area contributed by atoms with E-state index in [1.165, 1.54) is 11.1 Å². The molecule has 3 heteroatoms. The van der Waals surface area contributed by atoms with Crippen LogP contribution in [-0.4, -0.2) is 15.6 Å². The second-order valence-corrected chi connectivity index (χ2v) is 5.18. The summed E-state index contributed by atoms with van der Waals surface area (Å²) in [4.78, 5) is 4.36. The summed E-state index contributed by atoms with van der Waals surface area (Å²) in [7, 11) is 0. The maximum atomic E-state index is 4.36. The van der Waals surface area contributed by atoms with E-state index in [1.54, 1.807) is 0 Å². The first-order chi connectivity index (χ1) is 9.19. The van der Waals surface area contributed by atoms with Crippen LogP contribution in [0.5, 0.6) is 0 Å². The third-order valence-corrected chi connectivity index (χ3v) is 3.18. The molecule has 1 aromatic carbocycles. The number of imidazole rings is 1. The van der Waals surface area contributed by atoms with Gasteiger partial charge in [-0.15, -0.1) is 0 Å². The fourth-order valence-corrected chi connectivity index (χ4v) is 2.16. The maximum absolute atomic E-state index is 4.36. The number of aromatic nitrogens is 2. The van der Waals surface area contributed by atoms with Crippen LogP contribution >= 0.6 is 0 Å². The van der Waals surface area contributed by atoms with Crippen molar-refractivity contribution in [2.24, 2.45) is 0 Å². The summed E-state index contributed by atoms with van der Waals surface area (Å²) >= 11 is 0. The van der Waals surface area contributed by atoms with Gasteiger partial charge in [-0.2, -0.15) is 0 Å². The summed E-state index contributed by atoms with van der Waals surface area (Å²) in [6.45, 7) is 8.31. The first-order valence-electron chi connectivity index (χ1n) is 7.00. The van der Waals surface area contributed by atoms with Crippen molar-refractivity contribution < 1.29 is 0 Å². The van der Waals surface area contributed by atoms with E-state index in [0.29, 0.717) is 6.04 Å². The molecule has 3 nitrogen and oxygen atoms in total. The third-order valence-electron chi connectivity index (χ3n) is 3.18. The average molecular weight is 257 g/mol. The zero-order chi connectivity index (χ0) is 13.7. The Kier molecular flexibility index (Phi) is 4.74. The molecule has 0 unspecified atom stereocenters. The molecule has 0 saturated carbocycles. The number of aryl methyl sites for hydroxylation is 1. The number of benzene rings is 1. The van der Waals surface area contributed by atoms with Crippen molar-refractivity contribution in [1.29, 1.82) is 0 Å². The van der Waals surface area contributed by atoms with Crippen LogP contribution in [-0.2, 0) is 19.5 Å². The van der Waals surface area contributed by atoms with Crippen LogP contribution in [0.25, 0.3) is 0 Å². The molecule has 0 amide bonds. The Morgan fingerprint density at radius 3 is 2.79 bits per heavy atom. The largest absolute Gasteiger partial charge is 0.331 e. The molecule has 0 bridgehead atoms. The van der Waals surface area contributed by atoms with Gasteiger partial charge in [0, 0.05) is 37.9 Å². The van der Waals surface area contributed by atoms with Crippen molar-refractivity contribution in [3.8, 4) is 0 Å². The highest BCUT2D eigenvalue weighted by molar-refractivity contribution is 5.24. The summed E-state index contributed by atoms with van der Waals surface area (Å²) in [6.07, 6.45) is 4.91. The molecular weight excluding hydrogens is 234 g/mol. The maximum Gasteiger partial charge on any atom is 0.108 e. The van der Waals surface area contributed by atoms with E-state index in [0.717, 1.165) is 25.3 Å². The van der Waals surface area contributed by atoms with Crippen LogP contribution in [0.1, 0.15) is 37.7 Å². The summed E-state index contributed by atoms with van der Waals surface area (Å²) in [6, 6.07) is 9.28. The minimum atomic E-state index is 0.518. The fraction of sp³-hybridized carbons (Fsp3) is 0.438. The molecule has 19 heavy (non-hydrogen) atoms. The zero-order valence-corrected chi connectivity index (χ0v) is 12.1. The van der Waals surface area contributed by atoms with Gasteiger partial charge < -0.3 is 9.88 Å². The molecule has 1 aromatic heterocycles. The summed E-state index contributed by atoms with van der Waals surface area (Å²) in [5.74, 6) is 1.14. The molecule has 1 heterocycles. The molecular formula is C16H23N3. The molecule has 0 aliphatic heterocycles. The molecule has 0 radical (unpaired) electrons. The van der Waals surface area contributed by atoms with Crippen molar-refractivity contribution in [3.63, 3.8) is 0 Å². The van der Waals surface area contributed by atoms with Crippen molar-refractivity contribution in [2.45, 2.75) is 46.3 Å². The molecule has 0 aliphatic rings. The molecule has 102 valence electrons. The highest BCUT2D eigenvalue weighted by Crippen LogP contribution is 2.09. The Morgan fingerprint density at radius 2 is 2.05 bits per heavy atom. The van der Waals surface area contributed by atoms with Crippen LogP contribution in [0.4, 0.5) is 0 Å². The molecule has 0 spiro atoms. The molecule has 2 aromatic rings. The minimum absolute atomic E-state index is 0.518. The van der Waals surface area contributed by atoms with E-state index in [4.69, 9.17) is 0 Å². The fourth-order valence-electron chi connectivity index (χ4n) is 2.16. The topological polar surface area (TPSA) is 29.9 Å². The SMILES string of the molecule is CCc1nccn1Cc1cccc(CNC(C)C)c1. The van der Waals surface area contributed by atoms with Gasteiger partial charge in [0.25, 0.3) is 0 Å². The predicted molar refractivity (Wildman–Crippen MR) is 79.1 cm³/mol. The molecule has 0 saturated heterocycles. The first kappa shape index (κ1) is 13.8. The Hall–Kier alpha value is -1.61. The van der Waals surface area contributed by atoms with Gasteiger partial charge >= 0.3 is 0 Å². The van der Waals surface area contributed by atoms with Crippen LogP contribution < -0.4 is 5.32 Å². The Balaban J connectivity index is 2.06. The van der Waals surface area contributed by atoms with Crippen molar-refractivity contribution in [1.82, 2.24) is 14.9 Å². The normalized spacial score (nSPS) is 11.2. The zero-order valence-electron chi connectivity index (χ0n) is 12.1. The quantitative estimate of drug-likeness (QED) is 0.862. The molecule has 1 N–H and O–H groups in total. The van der Waals surface area contributed by atoms with E-state index >= 15 is 0 Å². The highest BCUT2D eigenvalue weighted by Gasteiger charge is 2.02. The van der Waals surface area contributed by atoms with Crippen molar-refractivity contribution >= 4 is 0 Å². The van der Waals surface area contributed by atoms with Gasteiger partial charge in [-0.25, -0.2) is 4.98 Å². The summed E-state index contributed by atoms with van der Waals surface area (Å²) in [5.41, 5.74) is 2.67. The first-order valence-corrected chi connectivity index (χ1v) is 7.00. The summed E-state index contributed by atoms with van der Waals surface area (Å²) < 4.78 is 2.22. The van der Waals surface area contributed by atoms with E-state index < -0.39 is 0 Å². The van der Waals surface area contributed by atoms with Crippen LogP contribution in [0.15, 0.2) is 36.7 Å². The summed E-state index contributed by atoms with van der Waals surface area (Å²) in [5, 5.41) is 3.45. The van der Waals surface area contributed by atoms with E-state index in [9.17, 15) is 0 Å². The van der Waals surface area contributed by atoms with Crippen LogP contribution in [0, 0.1) is 0 Å². The number of nitrogens with zero attached hydrogens (tertiary/aromatic N) is 2. The monoisotopic (exact) mass is 257 g/mol. The van der Waals surface area contributed by atoms with Gasteiger partial charge in [-0.05, 0) is 11.1 Å². The second-order valence-electron chi connectivity index (χ2n) is 5.18. The van der Waals surface area contributed by atoms with Crippen molar-refractivity contribution in [3.05, 3.63) is 53.6 Å². The number of nitrogens with one attached hydrogen (secondary N) is 1. The van der Waals surface area contributed by atoms with E-state index in [-0.39, 0.29) is 0 Å². The molecule has 2 rings (SSSR count). The number of hydrogen-bond donors (Lipinski definition) is 1. The minimum Gasteiger partial charge on any atom is -0.331 e. The standard InChI is InChI=1S/C16H23N3/c1-4-16-17-8-9-19(16)12-15-7-5-6-14(10-15)11-18-13(2)3/h5-10,13,18H,4,11-12H2,1-3H3. The Bertz CT molecular complexity index is 514. The molecule has 0 aliphatic carbocycles. The third kappa shape index (κ3) is 3.93. The lowest BCUT2D eigenvalue weighted by molar-refractivity contribution is 0.588. The highest BCUT2D eigenvalue weighted by atomic mass is 15.1. The lowest BCUT2D eigenvalue weighted by atomic mass is 10.1. The second kappa shape index (κ2) is 6.53. The lowest BCUT2D eigenvalue weighted by Crippen LogP contribution is -2.21. The van der Waals surface area contributed by atoms with E-state index in [2.05, 4.69) is 66.1 Å². The molecule has 0 atom stereocenters. The Labute approximate surface area is 115 Å². The van der Waals surface area contributed by atoms with Gasteiger partial charge in [0.2, 0.25) is 0 Å².